The summed E-state index contributed by atoms with van der Waals surface area (Å²) >= 11 is 6.30. The van der Waals surface area contributed by atoms with E-state index in [9.17, 15) is 4.79 Å². The molecule has 5 heteroatoms. The number of carboxylic acids is 1. The lowest BCUT2D eigenvalue weighted by atomic mass is 9.97. The number of halogens is 1. The third-order valence-electron chi connectivity index (χ3n) is 3.86. The molecule has 1 fully saturated rings. The van der Waals surface area contributed by atoms with Gasteiger partial charge in [-0.05, 0) is 18.1 Å². The number of fused-ring (bicyclic) bond motifs is 1. The van der Waals surface area contributed by atoms with Crippen LogP contribution in [-0.4, -0.2) is 22.2 Å². The first kappa shape index (κ1) is 12.5. The van der Waals surface area contributed by atoms with Crippen LogP contribution in [0, 0.1) is 5.92 Å². The summed E-state index contributed by atoms with van der Waals surface area (Å²) in [6.45, 7) is 0.515. The van der Waals surface area contributed by atoms with E-state index in [1.807, 2.05) is 36.0 Å². The van der Waals surface area contributed by atoms with Crippen LogP contribution in [0.4, 0.5) is 0 Å². The molecule has 0 bridgehead atoms. The number of hydrogen-bond acceptors (Lipinski definition) is 2. The maximum atomic E-state index is 11.0. The van der Waals surface area contributed by atoms with Crippen LogP contribution in [0.5, 0.6) is 0 Å². The summed E-state index contributed by atoms with van der Waals surface area (Å²) in [5.74, 6) is -1.05. The fraction of sp³-hybridized carbons (Fsp3) is 0.357. The van der Waals surface area contributed by atoms with E-state index in [1.54, 1.807) is 0 Å². The predicted molar refractivity (Wildman–Crippen MR) is 74.4 cm³/mol. The number of aryl methyl sites for hydroxylation is 1. The van der Waals surface area contributed by atoms with Crippen molar-refractivity contribution >= 4 is 28.5 Å². The summed E-state index contributed by atoms with van der Waals surface area (Å²) in [6, 6.07) is 6.10. The lowest BCUT2D eigenvalue weighted by Crippen LogP contribution is -2.17. The van der Waals surface area contributed by atoms with E-state index in [1.165, 1.54) is 0 Å². The zero-order valence-electron chi connectivity index (χ0n) is 10.6. The van der Waals surface area contributed by atoms with Crippen molar-refractivity contribution in [3.63, 3.8) is 0 Å². The molecule has 2 N–H and O–H groups in total. The quantitative estimate of drug-likeness (QED) is 0.888. The zero-order valence-corrected chi connectivity index (χ0v) is 11.3. The van der Waals surface area contributed by atoms with Crippen molar-refractivity contribution in [3.8, 4) is 0 Å². The van der Waals surface area contributed by atoms with Crippen LogP contribution in [-0.2, 0) is 11.8 Å². The number of nitrogens with zero attached hydrogens (tertiary/aromatic N) is 1. The summed E-state index contributed by atoms with van der Waals surface area (Å²) in [4.78, 5) is 11.0. The van der Waals surface area contributed by atoms with Gasteiger partial charge in [-0.2, -0.15) is 0 Å². The molecule has 1 aliphatic heterocycles. The van der Waals surface area contributed by atoms with Crippen LogP contribution in [0.1, 0.15) is 18.0 Å². The van der Waals surface area contributed by atoms with Crippen LogP contribution in [0.3, 0.4) is 0 Å². The lowest BCUT2D eigenvalue weighted by Gasteiger charge is -2.12. The van der Waals surface area contributed by atoms with Crippen molar-refractivity contribution in [1.82, 2.24) is 9.88 Å². The molecule has 0 spiro atoms. The predicted octanol–water partition coefficient (Wildman–Crippen LogP) is 2.57. The number of nitrogens with one attached hydrogen (secondary N) is 1. The van der Waals surface area contributed by atoms with E-state index >= 15 is 0 Å². The van der Waals surface area contributed by atoms with E-state index in [0.717, 1.165) is 16.5 Å². The second kappa shape index (κ2) is 4.54. The Hall–Kier alpha value is -1.52. The molecule has 100 valence electrons. The highest BCUT2D eigenvalue weighted by Crippen LogP contribution is 2.36. The summed E-state index contributed by atoms with van der Waals surface area (Å²) in [7, 11) is 1.96. The largest absolute Gasteiger partial charge is 0.481 e. The lowest BCUT2D eigenvalue weighted by molar-refractivity contribution is -0.141. The van der Waals surface area contributed by atoms with Gasteiger partial charge < -0.3 is 15.0 Å². The molecule has 3 rings (SSSR count). The van der Waals surface area contributed by atoms with Crippen molar-refractivity contribution in [2.45, 2.75) is 12.5 Å². The van der Waals surface area contributed by atoms with Crippen molar-refractivity contribution in [3.05, 3.63) is 35.0 Å². The van der Waals surface area contributed by atoms with Crippen LogP contribution in [0.25, 0.3) is 10.9 Å². The number of carbonyl (C=O) groups is 1. The molecule has 0 aliphatic carbocycles. The average molecular weight is 279 g/mol. The number of carboxylic acid groups (broad SMARTS) is 1. The smallest absolute Gasteiger partial charge is 0.307 e. The van der Waals surface area contributed by atoms with Crippen molar-refractivity contribution < 1.29 is 9.90 Å². The number of rotatable bonds is 2. The van der Waals surface area contributed by atoms with E-state index in [2.05, 4.69) is 5.32 Å². The van der Waals surface area contributed by atoms with Gasteiger partial charge in [-0.3, -0.25) is 4.79 Å². The molecule has 0 amide bonds. The third kappa shape index (κ3) is 2.01. The van der Waals surface area contributed by atoms with Gasteiger partial charge in [0.2, 0.25) is 0 Å². The second-order valence-electron chi connectivity index (χ2n) is 5.06. The minimum absolute atomic E-state index is 0.0599. The molecular formula is C14H15ClN2O2. The molecule has 1 saturated heterocycles. The summed E-state index contributed by atoms with van der Waals surface area (Å²) < 4.78 is 1.99. The number of aliphatic carboxylic acids is 1. The first-order chi connectivity index (χ1) is 9.08. The van der Waals surface area contributed by atoms with Crippen molar-refractivity contribution in [2.24, 2.45) is 13.0 Å². The Morgan fingerprint density at radius 1 is 1.53 bits per heavy atom. The summed E-state index contributed by atoms with van der Waals surface area (Å²) in [5.41, 5.74) is 2.16. The molecule has 0 radical (unpaired) electrons. The first-order valence-electron chi connectivity index (χ1n) is 6.27. The highest BCUT2D eigenvalue weighted by Gasteiger charge is 2.31. The van der Waals surface area contributed by atoms with Gasteiger partial charge in [0.1, 0.15) is 0 Å². The molecule has 2 atom stereocenters. The van der Waals surface area contributed by atoms with Crippen molar-refractivity contribution in [2.75, 3.05) is 6.54 Å². The standard InChI is InChI=1S/C14H15ClN2O2/c1-17-7-10(15)13-9(3-2-4-12(13)17)11-5-8(6-16-11)14(18)19/h2-4,7-8,11,16H,5-6H2,1H3,(H,18,19). The van der Waals surface area contributed by atoms with Gasteiger partial charge in [-0.25, -0.2) is 0 Å². The van der Waals surface area contributed by atoms with Crippen LogP contribution < -0.4 is 5.32 Å². The van der Waals surface area contributed by atoms with E-state index in [0.29, 0.717) is 18.0 Å². The molecule has 1 aliphatic rings. The van der Waals surface area contributed by atoms with Gasteiger partial charge in [-0.1, -0.05) is 23.7 Å². The Labute approximate surface area is 116 Å². The fourth-order valence-electron chi connectivity index (χ4n) is 2.87. The number of benzene rings is 1. The Bertz CT molecular complexity index is 650. The monoisotopic (exact) mass is 278 g/mol. The van der Waals surface area contributed by atoms with Crippen LogP contribution in [0.15, 0.2) is 24.4 Å². The Kier molecular flexibility index (Phi) is 2.99. The first-order valence-corrected chi connectivity index (χ1v) is 6.65. The summed E-state index contributed by atoms with van der Waals surface area (Å²) in [6.07, 6.45) is 2.50. The van der Waals surface area contributed by atoms with Crippen LogP contribution in [0.2, 0.25) is 5.02 Å². The Morgan fingerprint density at radius 3 is 3.00 bits per heavy atom. The van der Waals surface area contributed by atoms with Gasteiger partial charge in [0.25, 0.3) is 0 Å². The van der Waals surface area contributed by atoms with Gasteiger partial charge in [-0.15, -0.1) is 0 Å². The van der Waals surface area contributed by atoms with E-state index < -0.39 is 5.97 Å². The van der Waals surface area contributed by atoms with Gasteiger partial charge in [0.15, 0.2) is 0 Å². The highest BCUT2D eigenvalue weighted by molar-refractivity contribution is 6.36. The Morgan fingerprint density at radius 2 is 2.32 bits per heavy atom. The van der Waals surface area contributed by atoms with E-state index in [4.69, 9.17) is 16.7 Å². The summed E-state index contributed by atoms with van der Waals surface area (Å²) in [5, 5.41) is 14.1. The molecule has 0 saturated carbocycles. The molecular weight excluding hydrogens is 264 g/mol. The molecule has 4 nitrogen and oxygen atoms in total. The maximum Gasteiger partial charge on any atom is 0.307 e. The topological polar surface area (TPSA) is 54.3 Å². The van der Waals surface area contributed by atoms with Gasteiger partial charge in [0, 0.05) is 36.7 Å². The average Bonchev–Trinajstić information content (AvgIpc) is 2.96. The van der Waals surface area contributed by atoms with Crippen molar-refractivity contribution in [1.29, 1.82) is 0 Å². The molecule has 19 heavy (non-hydrogen) atoms. The molecule has 1 aromatic heterocycles. The fourth-order valence-corrected chi connectivity index (χ4v) is 3.22. The van der Waals surface area contributed by atoms with Crippen LogP contribution >= 0.6 is 11.6 Å². The third-order valence-corrected chi connectivity index (χ3v) is 4.14. The van der Waals surface area contributed by atoms with E-state index in [-0.39, 0.29) is 12.0 Å². The maximum absolute atomic E-state index is 11.0. The second-order valence-corrected chi connectivity index (χ2v) is 5.47. The number of aromatic nitrogens is 1. The number of hydrogen-bond donors (Lipinski definition) is 2. The zero-order chi connectivity index (χ0) is 13.6. The molecule has 1 aromatic carbocycles. The molecule has 2 heterocycles. The highest BCUT2D eigenvalue weighted by atomic mass is 35.5. The SMILES string of the molecule is Cn1cc(Cl)c2c(C3CC(C(=O)O)CN3)cccc21. The van der Waals surface area contributed by atoms with Gasteiger partial charge >= 0.3 is 5.97 Å². The minimum Gasteiger partial charge on any atom is -0.481 e. The normalized spacial score (nSPS) is 23.1. The van der Waals surface area contributed by atoms with Gasteiger partial charge in [0.05, 0.1) is 10.9 Å². The minimum atomic E-state index is -0.735. The molecule has 2 aromatic rings. The molecule has 2 unspecified atom stereocenters. The Balaban J connectivity index is 2.04.